The van der Waals surface area contributed by atoms with Gasteiger partial charge in [-0.05, 0) is 66.3 Å². The molecular weight excluding hydrogens is 570 g/mol. The fourth-order valence-electron chi connectivity index (χ4n) is 5.08. The number of hydrogen-bond donors (Lipinski definition) is 0. The standard InChI is InChI=1S/C27H21F8NO3S/c28-21-5-7-23(8-6-21)40(38,39)24(15-18(16-24)14-22(37)13-17-9-11-36-12-10-17)19-1-3-20(4-2-19)25(29,26(30,31)32)27(33,34)35/h1-12,18H,13-16H2. The summed E-state index contributed by atoms with van der Waals surface area (Å²) in [6, 6.07) is 9.00. The summed E-state index contributed by atoms with van der Waals surface area (Å²) in [6.45, 7) is 0. The van der Waals surface area contributed by atoms with Crippen LogP contribution in [0.25, 0.3) is 0 Å². The molecular formula is C27H21F8NO3S. The van der Waals surface area contributed by atoms with Crippen molar-refractivity contribution in [1.29, 1.82) is 0 Å². The highest BCUT2D eigenvalue weighted by Crippen LogP contribution is 2.57. The molecule has 0 spiro atoms. The van der Waals surface area contributed by atoms with Crippen LogP contribution in [0.1, 0.15) is 36.0 Å². The van der Waals surface area contributed by atoms with Gasteiger partial charge in [-0.25, -0.2) is 17.2 Å². The van der Waals surface area contributed by atoms with Crippen LogP contribution in [0.15, 0.2) is 78.0 Å². The number of aromatic nitrogens is 1. The fraction of sp³-hybridized carbons (Fsp3) is 0.333. The number of rotatable bonds is 8. The van der Waals surface area contributed by atoms with Crippen molar-refractivity contribution in [3.8, 4) is 0 Å². The molecule has 0 atom stereocenters. The van der Waals surface area contributed by atoms with Crippen molar-refractivity contribution in [2.75, 3.05) is 0 Å². The van der Waals surface area contributed by atoms with Crippen LogP contribution in [0.5, 0.6) is 0 Å². The summed E-state index contributed by atoms with van der Waals surface area (Å²) in [7, 11) is -4.39. The van der Waals surface area contributed by atoms with Gasteiger partial charge in [-0.15, -0.1) is 0 Å². The van der Waals surface area contributed by atoms with E-state index in [0.717, 1.165) is 36.4 Å². The smallest absolute Gasteiger partial charge is 0.299 e. The number of ketones is 1. The first-order valence-electron chi connectivity index (χ1n) is 11.9. The number of pyridine rings is 1. The molecule has 0 N–H and O–H groups in total. The number of nitrogens with zero attached hydrogens (tertiary/aromatic N) is 1. The molecule has 40 heavy (non-hydrogen) atoms. The summed E-state index contributed by atoms with van der Waals surface area (Å²) >= 11 is 0. The highest BCUT2D eigenvalue weighted by molar-refractivity contribution is 7.92. The minimum absolute atomic E-state index is 0.0309. The topological polar surface area (TPSA) is 64.1 Å². The van der Waals surface area contributed by atoms with Crippen LogP contribution in [0.3, 0.4) is 0 Å². The number of alkyl halides is 7. The fourth-order valence-corrected chi connectivity index (χ4v) is 7.38. The molecule has 0 bridgehead atoms. The van der Waals surface area contributed by atoms with Gasteiger partial charge in [0.2, 0.25) is 0 Å². The van der Waals surface area contributed by atoms with Crippen molar-refractivity contribution in [2.45, 2.75) is 53.3 Å². The van der Waals surface area contributed by atoms with Crippen molar-refractivity contribution < 1.29 is 48.3 Å². The minimum atomic E-state index is -6.33. The van der Waals surface area contributed by atoms with Crippen molar-refractivity contribution in [1.82, 2.24) is 4.98 Å². The first-order valence-corrected chi connectivity index (χ1v) is 13.3. The number of halogens is 8. The van der Waals surface area contributed by atoms with Gasteiger partial charge in [-0.1, -0.05) is 24.3 Å². The average Bonchev–Trinajstić information content (AvgIpc) is 2.85. The van der Waals surface area contributed by atoms with Crippen LogP contribution in [0.2, 0.25) is 0 Å². The van der Waals surface area contributed by atoms with Crippen molar-refractivity contribution in [2.24, 2.45) is 5.92 Å². The largest absolute Gasteiger partial charge is 0.435 e. The molecule has 1 aliphatic rings. The second-order valence-corrected chi connectivity index (χ2v) is 12.0. The van der Waals surface area contributed by atoms with E-state index in [1.165, 1.54) is 12.4 Å². The molecule has 1 saturated carbocycles. The number of carbonyl (C=O) groups excluding carboxylic acids is 1. The van der Waals surface area contributed by atoms with E-state index >= 15 is 0 Å². The lowest BCUT2D eigenvalue weighted by atomic mass is 9.68. The lowest BCUT2D eigenvalue weighted by Gasteiger charge is -2.47. The average molecular weight is 592 g/mol. The first kappa shape index (κ1) is 29.6. The molecule has 0 aliphatic heterocycles. The number of benzene rings is 2. The number of sulfone groups is 1. The molecule has 0 saturated heterocycles. The Balaban J connectivity index is 1.68. The number of carbonyl (C=O) groups is 1. The lowest BCUT2D eigenvalue weighted by Crippen LogP contribution is -2.50. The maximum absolute atomic E-state index is 14.5. The Labute approximate surface area is 224 Å². The zero-order valence-electron chi connectivity index (χ0n) is 20.4. The molecule has 4 rings (SSSR count). The second-order valence-electron chi connectivity index (χ2n) is 9.73. The monoisotopic (exact) mass is 591 g/mol. The SMILES string of the molecule is O=C(Cc1ccncc1)CC1CC(c2ccc(C(F)(C(F)(F)F)C(F)(F)F)cc2)(S(=O)(=O)c2ccc(F)cc2)C1. The highest BCUT2D eigenvalue weighted by atomic mass is 32.2. The van der Waals surface area contributed by atoms with Crippen molar-refractivity contribution in [3.63, 3.8) is 0 Å². The van der Waals surface area contributed by atoms with Crippen LogP contribution >= 0.6 is 0 Å². The van der Waals surface area contributed by atoms with E-state index in [1.807, 2.05) is 0 Å². The van der Waals surface area contributed by atoms with Gasteiger partial charge < -0.3 is 0 Å². The summed E-state index contributed by atoms with van der Waals surface area (Å²) in [6.07, 6.45) is -10.0. The van der Waals surface area contributed by atoms with E-state index in [1.54, 1.807) is 12.1 Å². The van der Waals surface area contributed by atoms with Gasteiger partial charge >= 0.3 is 18.0 Å². The summed E-state index contributed by atoms with van der Waals surface area (Å²) in [4.78, 5) is 16.1. The number of Topliss-reactive ketones (excluding diaryl/α,β-unsaturated/α-hetero) is 1. The Bertz CT molecular complexity index is 1450. The van der Waals surface area contributed by atoms with Crippen LogP contribution < -0.4 is 0 Å². The predicted molar refractivity (Wildman–Crippen MR) is 127 cm³/mol. The Kier molecular flexibility index (Phi) is 7.59. The summed E-state index contributed by atoms with van der Waals surface area (Å²) < 4.78 is 133. The van der Waals surface area contributed by atoms with E-state index in [9.17, 15) is 48.3 Å². The van der Waals surface area contributed by atoms with Crippen molar-refractivity contribution >= 4 is 15.6 Å². The predicted octanol–water partition coefficient (Wildman–Crippen LogP) is 6.79. The molecule has 0 amide bonds. The van der Waals surface area contributed by atoms with E-state index in [-0.39, 0.29) is 54.1 Å². The van der Waals surface area contributed by atoms with Gasteiger partial charge in [0.05, 0.1) is 4.90 Å². The number of hydrogen-bond acceptors (Lipinski definition) is 4. The summed E-state index contributed by atoms with van der Waals surface area (Å²) in [5.41, 5.74) is -6.92. The maximum atomic E-state index is 14.5. The minimum Gasteiger partial charge on any atom is -0.299 e. The molecule has 1 heterocycles. The van der Waals surface area contributed by atoms with Crippen LogP contribution in [0.4, 0.5) is 35.1 Å². The molecule has 4 nitrogen and oxygen atoms in total. The zero-order valence-corrected chi connectivity index (χ0v) is 21.3. The van der Waals surface area contributed by atoms with Crippen molar-refractivity contribution in [3.05, 3.63) is 95.6 Å². The van der Waals surface area contributed by atoms with Gasteiger partial charge in [0.25, 0.3) is 0 Å². The summed E-state index contributed by atoms with van der Waals surface area (Å²) in [5, 5.41) is 0. The Morgan fingerprint density at radius 3 is 1.85 bits per heavy atom. The summed E-state index contributed by atoms with van der Waals surface area (Å²) in [5.74, 6) is -1.42. The van der Waals surface area contributed by atoms with Gasteiger partial charge in [0.1, 0.15) is 16.3 Å². The Morgan fingerprint density at radius 2 is 1.35 bits per heavy atom. The van der Waals surface area contributed by atoms with E-state index in [0.29, 0.717) is 5.56 Å². The Hall–Kier alpha value is -3.35. The van der Waals surface area contributed by atoms with Crippen LogP contribution in [-0.4, -0.2) is 31.5 Å². The molecule has 0 unspecified atom stereocenters. The van der Waals surface area contributed by atoms with Crippen LogP contribution in [-0.2, 0) is 31.5 Å². The Morgan fingerprint density at radius 1 is 0.825 bits per heavy atom. The van der Waals surface area contributed by atoms with E-state index in [2.05, 4.69) is 4.98 Å². The van der Waals surface area contributed by atoms with Gasteiger partial charge in [-0.3, -0.25) is 9.78 Å². The molecule has 1 aromatic heterocycles. The quantitative estimate of drug-likeness (QED) is 0.214. The molecule has 214 valence electrons. The molecule has 0 radical (unpaired) electrons. The third-order valence-electron chi connectivity index (χ3n) is 7.13. The molecule has 1 fully saturated rings. The molecule has 3 aromatic rings. The van der Waals surface area contributed by atoms with Gasteiger partial charge in [0, 0.05) is 30.8 Å². The van der Waals surface area contributed by atoms with E-state index < -0.39 is 49.9 Å². The third kappa shape index (κ3) is 5.11. The van der Waals surface area contributed by atoms with E-state index in [4.69, 9.17) is 0 Å². The van der Waals surface area contributed by atoms with Gasteiger partial charge in [-0.2, -0.15) is 26.3 Å². The normalized spacial score (nSPS) is 20.1. The second kappa shape index (κ2) is 10.2. The molecule has 1 aliphatic carbocycles. The first-order chi connectivity index (χ1) is 18.5. The van der Waals surface area contributed by atoms with Crippen LogP contribution in [0, 0.1) is 11.7 Å². The maximum Gasteiger partial charge on any atom is 0.435 e. The van der Waals surface area contributed by atoms with Gasteiger partial charge in [0.15, 0.2) is 9.84 Å². The zero-order chi connectivity index (χ0) is 29.6. The third-order valence-corrected chi connectivity index (χ3v) is 9.62. The molecule has 13 heteroatoms. The lowest BCUT2D eigenvalue weighted by molar-refractivity contribution is -0.348. The molecule has 2 aromatic carbocycles. The highest BCUT2D eigenvalue weighted by Gasteiger charge is 2.73.